The molecule has 7 nitrogen and oxygen atoms in total. The predicted molar refractivity (Wildman–Crippen MR) is 112 cm³/mol. The van der Waals surface area contributed by atoms with Gasteiger partial charge in [-0.15, -0.1) is 0 Å². The minimum atomic E-state index is -0.276. The molecular weight excluding hydrogens is 368 g/mol. The first-order chi connectivity index (χ1) is 14.2. The summed E-state index contributed by atoms with van der Waals surface area (Å²) in [5.41, 5.74) is 2.60. The Bertz CT molecular complexity index is 1080. The quantitative estimate of drug-likeness (QED) is 0.587. The highest BCUT2D eigenvalue weighted by Gasteiger charge is 2.11. The number of methoxy groups -OCH3 is 1. The lowest BCUT2D eigenvalue weighted by atomic mass is 10.2. The number of imidazole rings is 1. The van der Waals surface area contributed by atoms with Gasteiger partial charge in [0, 0.05) is 12.6 Å². The van der Waals surface area contributed by atoms with E-state index in [1.807, 2.05) is 34.9 Å². The van der Waals surface area contributed by atoms with Gasteiger partial charge in [-0.3, -0.25) is 10.1 Å². The molecule has 0 spiro atoms. The maximum absolute atomic E-state index is 12.4. The smallest absolute Gasteiger partial charge is 0.250 e. The molecule has 0 unspecified atom stereocenters. The van der Waals surface area contributed by atoms with Crippen molar-refractivity contribution in [2.45, 2.75) is 19.9 Å². The van der Waals surface area contributed by atoms with Gasteiger partial charge >= 0.3 is 0 Å². The second-order valence-corrected chi connectivity index (χ2v) is 6.26. The van der Waals surface area contributed by atoms with Gasteiger partial charge in [-0.05, 0) is 42.3 Å². The first-order valence-electron chi connectivity index (χ1n) is 9.28. The summed E-state index contributed by atoms with van der Waals surface area (Å²) in [6, 6.07) is 14.9. The largest absolute Gasteiger partial charge is 0.493 e. The zero-order valence-electron chi connectivity index (χ0n) is 16.4. The molecule has 0 atom stereocenters. The van der Waals surface area contributed by atoms with Gasteiger partial charge in [-0.2, -0.15) is 5.26 Å². The second kappa shape index (κ2) is 9.42. The van der Waals surface area contributed by atoms with Crippen molar-refractivity contribution in [1.82, 2.24) is 9.55 Å². The number of carbonyl (C=O) groups excluding carboxylic acids is 1. The molecule has 0 radical (unpaired) electrons. The van der Waals surface area contributed by atoms with E-state index in [4.69, 9.17) is 14.7 Å². The fourth-order valence-electron chi connectivity index (χ4n) is 2.96. The van der Waals surface area contributed by atoms with Crippen LogP contribution in [0.25, 0.3) is 17.1 Å². The van der Waals surface area contributed by atoms with Gasteiger partial charge in [-0.25, -0.2) is 4.98 Å². The summed E-state index contributed by atoms with van der Waals surface area (Å²) in [6.45, 7) is 2.78. The number of carbonyl (C=O) groups is 1. The maximum Gasteiger partial charge on any atom is 0.250 e. The maximum atomic E-state index is 12.4. The summed E-state index contributed by atoms with van der Waals surface area (Å²) in [4.78, 5) is 17.0. The van der Waals surface area contributed by atoms with Crippen molar-refractivity contribution in [3.8, 4) is 17.6 Å². The van der Waals surface area contributed by atoms with Gasteiger partial charge in [0.1, 0.15) is 6.07 Å². The minimum Gasteiger partial charge on any atom is -0.493 e. The molecule has 0 bridgehead atoms. The Morgan fingerprint density at radius 1 is 1.28 bits per heavy atom. The number of ether oxygens (including phenoxy) is 2. The number of nitrogens with one attached hydrogen (secondary N) is 1. The molecule has 0 fully saturated rings. The SMILES string of the molecule is CCCn1c(NC(=O)/C=C/c2ccc(OCC#N)c(OC)c2)nc2ccccc21. The molecule has 1 amide bonds. The molecule has 1 aromatic heterocycles. The van der Waals surface area contributed by atoms with Gasteiger partial charge in [0.15, 0.2) is 18.1 Å². The standard InChI is InChI=1S/C22H22N4O3/c1-3-13-26-18-7-5-4-6-17(18)24-22(26)25-21(27)11-9-16-8-10-19(29-14-12-23)20(15-16)28-2/h4-11,15H,3,13-14H2,1-2H3,(H,24,25,27)/b11-9+. The van der Waals surface area contributed by atoms with E-state index in [9.17, 15) is 4.79 Å². The number of para-hydroxylation sites is 2. The van der Waals surface area contributed by atoms with E-state index in [0.29, 0.717) is 17.4 Å². The van der Waals surface area contributed by atoms with E-state index in [-0.39, 0.29) is 12.5 Å². The van der Waals surface area contributed by atoms with Gasteiger partial charge in [0.25, 0.3) is 5.91 Å². The lowest BCUT2D eigenvalue weighted by molar-refractivity contribution is -0.111. The van der Waals surface area contributed by atoms with Gasteiger partial charge < -0.3 is 14.0 Å². The van der Waals surface area contributed by atoms with Crippen molar-refractivity contribution in [1.29, 1.82) is 5.26 Å². The van der Waals surface area contributed by atoms with Crippen LogP contribution in [0.1, 0.15) is 18.9 Å². The average Bonchev–Trinajstić information content (AvgIpc) is 3.08. The number of fused-ring (bicyclic) bond motifs is 1. The minimum absolute atomic E-state index is 0.0628. The van der Waals surface area contributed by atoms with Crippen molar-refractivity contribution in [2.24, 2.45) is 0 Å². The first-order valence-corrected chi connectivity index (χ1v) is 9.28. The number of nitrogens with zero attached hydrogens (tertiary/aromatic N) is 3. The monoisotopic (exact) mass is 390 g/mol. The number of hydrogen-bond acceptors (Lipinski definition) is 5. The zero-order valence-corrected chi connectivity index (χ0v) is 16.4. The lowest BCUT2D eigenvalue weighted by Crippen LogP contribution is -2.13. The lowest BCUT2D eigenvalue weighted by Gasteiger charge is -2.09. The summed E-state index contributed by atoms with van der Waals surface area (Å²) in [5.74, 6) is 1.22. The van der Waals surface area contributed by atoms with Crippen molar-refractivity contribution in [3.63, 3.8) is 0 Å². The van der Waals surface area contributed by atoms with Crippen LogP contribution in [0.2, 0.25) is 0 Å². The summed E-state index contributed by atoms with van der Waals surface area (Å²) in [7, 11) is 1.52. The molecule has 7 heteroatoms. The van der Waals surface area contributed by atoms with Crippen LogP contribution in [0.4, 0.5) is 5.95 Å². The molecule has 3 aromatic rings. The second-order valence-electron chi connectivity index (χ2n) is 6.26. The summed E-state index contributed by atoms with van der Waals surface area (Å²) in [6.07, 6.45) is 4.05. The Balaban J connectivity index is 1.76. The normalized spacial score (nSPS) is 10.8. The highest BCUT2D eigenvalue weighted by Crippen LogP contribution is 2.28. The zero-order chi connectivity index (χ0) is 20.6. The van der Waals surface area contributed by atoms with E-state index in [1.165, 1.54) is 13.2 Å². The Labute approximate surface area is 169 Å². The van der Waals surface area contributed by atoms with Crippen molar-refractivity contribution in [2.75, 3.05) is 19.0 Å². The van der Waals surface area contributed by atoms with Crippen LogP contribution in [0.5, 0.6) is 11.5 Å². The Morgan fingerprint density at radius 3 is 2.86 bits per heavy atom. The number of amides is 1. The molecule has 148 valence electrons. The van der Waals surface area contributed by atoms with Crippen LogP contribution in [-0.4, -0.2) is 29.2 Å². The van der Waals surface area contributed by atoms with E-state index in [1.54, 1.807) is 24.3 Å². The number of aromatic nitrogens is 2. The highest BCUT2D eigenvalue weighted by atomic mass is 16.5. The molecular formula is C22H22N4O3. The van der Waals surface area contributed by atoms with E-state index < -0.39 is 0 Å². The molecule has 0 aliphatic rings. The summed E-state index contributed by atoms with van der Waals surface area (Å²) in [5, 5.41) is 11.5. The number of nitriles is 1. The fraction of sp³-hybridized carbons (Fsp3) is 0.227. The number of rotatable bonds is 8. The Hall–Kier alpha value is -3.79. The third kappa shape index (κ3) is 4.74. The van der Waals surface area contributed by atoms with Crippen LogP contribution in [0, 0.1) is 11.3 Å². The molecule has 0 saturated heterocycles. The fourth-order valence-corrected chi connectivity index (χ4v) is 2.96. The molecule has 2 aromatic carbocycles. The highest BCUT2D eigenvalue weighted by molar-refractivity contribution is 6.01. The number of benzene rings is 2. The Kier molecular flexibility index (Phi) is 6.48. The summed E-state index contributed by atoms with van der Waals surface area (Å²) >= 11 is 0. The average molecular weight is 390 g/mol. The van der Waals surface area contributed by atoms with Gasteiger partial charge in [0.2, 0.25) is 5.95 Å². The van der Waals surface area contributed by atoms with Gasteiger partial charge in [-0.1, -0.05) is 25.1 Å². The van der Waals surface area contributed by atoms with Crippen LogP contribution in [0.15, 0.2) is 48.5 Å². The predicted octanol–water partition coefficient (Wildman–Crippen LogP) is 4.01. The first kappa shape index (κ1) is 20.0. The number of anilines is 1. The van der Waals surface area contributed by atoms with Crippen LogP contribution in [0.3, 0.4) is 0 Å². The van der Waals surface area contributed by atoms with E-state index >= 15 is 0 Å². The number of hydrogen-bond donors (Lipinski definition) is 1. The topological polar surface area (TPSA) is 89.2 Å². The van der Waals surface area contributed by atoms with Gasteiger partial charge in [0.05, 0.1) is 18.1 Å². The van der Waals surface area contributed by atoms with Crippen LogP contribution >= 0.6 is 0 Å². The molecule has 0 aliphatic heterocycles. The van der Waals surface area contributed by atoms with Crippen molar-refractivity contribution in [3.05, 3.63) is 54.1 Å². The third-order valence-electron chi connectivity index (χ3n) is 4.24. The van der Waals surface area contributed by atoms with Crippen LogP contribution < -0.4 is 14.8 Å². The Morgan fingerprint density at radius 2 is 2.10 bits per heavy atom. The molecule has 29 heavy (non-hydrogen) atoms. The molecule has 1 heterocycles. The van der Waals surface area contributed by atoms with Crippen LogP contribution in [-0.2, 0) is 11.3 Å². The van der Waals surface area contributed by atoms with E-state index in [2.05, 4.69) is 17.2 Å². The molecule has 3 rings (SSSR count). The van der Waals surface area contributed by atoms with Crippen molar-refractivity contribution < 1.29 is 14.3 Å². The molecule has 0 aliphatic carbocycles. The molecule has 0 saturated carbocycles. The van der Waals surface area contributed by atoms with E-state index in [0.717, 1.165) is 29.6 Å². The molecule has 1 N–H and O–H groups in total. The number of aryl methyl sites for hydroxylation is 1. The summed E-state index contributed by atoms with van der Waals surface area (Å²) < 4.78 is 12.6. The third-order valence-corrected chi connectivity index (χ3v) is 4.24. The van der Waals surface area contributed by atoms with Crippen molar-refractivity contribution >= 4 is 29.0 Å².